The number of hydrogen-bond donors (Lipinski definition) is 0. The molecule has 0 aromatic rings. The summed E-state index contributed by atoms with van der Waals surface area (Å²) >= 11 is 3.70. The smallest absolute Gasteiger partial charge is 0.0700 e. The minimum Gasteiger partial charge on any atom is -0.377 e. The normalized spacial score (nSPS) is 29.5. The zero-order valence-corrected chi connectivity index (χ0v) is 10.3. The van der Waals surface area contributed by atoms with Crippen LogP contribution in [0.15, 0.2) is 0 Å². The molecule has 0 heterocycles. The van der Waals surface area contributed by atoms with Crippen LogP contribution in [0.25, 0.3) is 0 Å². The second-order valence-corrected chi connectivity index (χ2v) is 5.57. The highest BCUT2D eigenvalue weighted by atomic mass is 79.9. The average Bonchev–Trinajstić information content (AvgIpc) is 2.08. The Morgan fingerprint density at radius 2 is 2.00 bits per heavy atom. The molecule has 0 aromatic heterocycles. The van der Waals surface area contributed by atoms with Gasteiger partial charge in [0.15, 0.2) is 0 Å². The van der Waals surface area contributed by atoms with E-state index < -0.39 is 0 Å². The second kappa shape index (κ2) is 6.02. The van der Waals surface area contributed by atoms with E-state index in [1.165, 1.54) is 32.1 Å². The maximum Gasteiger partial charge on any atom is 0.0700 e. The lowest BCUT2D eigenvalue weighted by Crippen LogP contribution is -2.28. The summed E-state index contributed by atoms with van der Waals surface area (Å²) in [6.45, 7) is 5.43. The van der Waals surface area contributed by atoms with Gasteiger partial charge in [-0.15, -0.1) is 0 Å². The van der Waals surface area contributed by atoms with E-state index in [1.807, 2.05) is 0 Å². The van der Waals surface area contributed by atoms with Crippen molar-refractivity contribution in [3.05, 3.63) is 0 Å². The molecule has 0 aromatic carbocycles. The van der Waals surface area contributed by atoms with Gasteiger partial charge in [-0.2, -0.15) is 0 Å². The van der Waals surface area contributed by atoms with Crippen molar-refractivity contribution in [1.82, 2.24) is 0 Å². The van der Waals surface area contributed by atoms with Gasteiger partial charge in [0.05, 0.1) is 6.10 Å². The van der Waals surface area contributed by atoms with Gasteiger partial charge in [-0.25, -0.2) is 0 Å². The molecule has 2 atom stereocenters. The van der Waals surface area contributed by atoms with E-state index in [4.69, 9.17) is 4.74 Å². The first-order valence-corrected chi connectivity index (χ1v) is 6.37. The van der Waals surface area contributed by atoms with Crippen LogP contribution >= 0.6 is 15.9 Å². The van der Waals surface area contributed by atoms with Gasteiger partial charge < -0.3 is 4.74 Å². The summed E-state index contributed by atoms with van der Waals surface area (Å²) in [4.78, 5) is 0.605. The minimum atomic E-state index is 0.479. The third-order valence-electron chi connectivity index (χ3n) is 2.65. The number of rotatable bonds is 4. The Kier molecular flexibility index (Phi) is 5.34. The van der Waals surface area contributed by atoms with Crippen molar-refractivity contribution in [2.45, 2.75) is 56.9 Å². The molecule has 78 valence electrons. The van der Waals surface area contributed by atoms with Crippen molar-refractivity contribution in [1.29, 1.82) is 0 Å². The highest BCUT2D eigenvalue weighted by Crippen LogP contribution is 2.27. The van der Waals surface area contributed by atoms with Crippen LogP contribution < -0.4 is 0 Å². The molecule has 0 N–H and O–H groups in total. The lowest BCUT2D eigenvalue weighted by Gasteiger charge is -2.27. The Bertz CT molecular complexity index is 136. The fourth-order valence-corrected chi connectivity index (χ4v) is 2.44. The van der Waals surface area contributed by atoms with E-state index in [0.29, 0.717) is 10.9 Å². The second-order valence-electron chi connectivity index (χ2n) is 4.39. The van der Waals surface area contributed by atoms with E-state index >= 15 is 0 Å². The Labute approximate surface area is 90.4 Å². The van der Waals surface area contributed by atoms with Crippen molar-refractivity contribution in [3.63, 3.8) is 0 Å². The summed E-state index contributed by atoms with van der Waals surface area (Å²) in [5.74, 6) is 0.761. The zero-order chi connectivity index (χ0) is 9.68. The monoisotopic (exact) mass is 248 g/mol. The van der Waals surface area contributed by atoms with E-state index in [2.05, 4.69) is 29.8 Å². The number of ether oxygens (including phenoxy) is 1. The third kappa shape index (κ3) is 4.46. The van der Waals surface area contributed by atoms with Gasteiger partial charge in [0.1, 0.15) is 0 Å². The lowest BCUT2D eigenvalue weighted by molar-refractivity contribution is 0.0287. The van der Waals surface area contributed by atoms with Gasteiger partial charge in [0.2, 0.25) is 0 Å². The molecule has 0 amide bonds. The van der Waals surface area contributed by atoms with Crippen molar-refractivity contribution in [2.24, 2.45) is 5.92 Å². The van der Waals surface area contributed by atoms with Crippen molar-refractivity contribution in [3.8, 4) is 0 Å². The fraction of sp³-hybridized carbons (Fsp3) is 1.00. The summed E-state index contributed by atoms with van der Waals surface area (Å²) in [5.41, 5.74) is 0. The van der Waals surface area contributed by atoms with E-state index in [9.17, 15) is 0 Å². The molecule has 2 heteroatoms. The molecule has 1 rings (SSSR count). The van der Waals surface area contributed by atoms with E-state index in [-0.39, 0.29) is 0 Å². The van der Waals surface area contributed by atoms with Crippen LogP contribution in [-0.4, -0.2) is 17.5 Å². The van der Waals surface area contributed by atoms with Crippen molar-refractivity contribution < 1.29 is 4.74 Å². The molecule has 2 unspecified atom stereocenters. The topological polar surface area (TPSA) is 9.23 Å². The summed E-state index contributed by atoms with van der Waals surface area (Å²) in [6, 6.07) is 0. The molecule has 1 saturated carbocycles. The van der Waals surface area contributed by atoms with Crippen LogP contribution in [0.5, 0.6) is 0 Å². The molecule has 0 radical (unpaired) electrons. The maximum absolute atomic E-state index is 5.86. The molecule has 1 aliphatic carbocycles. The molecule has 0 saturated heterocycles. The van der Waals surface area contributed by atoms with Gasteiger partial charge in [-0.05, 0) is 25.2 Å². The van der Waals surface area contributed by atoms with E-state index in [1.54, 1.807) is 0 Å². The Hall–Kier alpha value is 0.440. The molecule has 0 spiro atoms. The molecular formula is C11H21BrO. The largest absolute Gasteiger partial charge is 0.377 e. The minimum absolute atomic E-state index is 0.479. The quantitative estimate of drug-likeness (QED) is 0.689. The van der Waals surface area contributed by atoms with Crippen molar-refractivity contribution in [2.75, 3.05) is 6.61 Å². The van der Waals surface area contributed by atoms with Crippen molar-refractivity contribution >= 4 is 15.9 Å². The molecule has 0 aliphatic heterocycles. The third-order valence-corrected chi connectivity index (χ3v) is 3.70. The summed E-state index contributed by atoms with van der Waals surface area (Å²) in [6.07, 6.45) is 6.90. The first-order chi connectivity index (χ1) is 6.20. The maximum atomic E-state index is 5.86. The van der Waals surface area contributed by atoms with Gasteiger partial charge in [0, 0.05) is 11.4 Å². The Morgan fingerprint density at radius 3 is 2.62 bits per heavy atom. The standard InChI is InChI=1S/C11H21BrO/c1-9(2)7-8-13-11-6-4-3-5-10(11)12/h9-11H,3-8H2,1-2H3. The predicted molar refractivity (Wildman–Crippen MR) is 60.4 cm³/mol. The first-order valence-electron chi connectivity index (χ1n) is 5.46. The lowest BCUT2D eigenvalue weighted by atomic mass is 9.97. The van der Waals surface area contributed by atoms with Crippen LogP contribution in [0.2, 0.25) is 0 Å². The first kappa shape index (κ1) is 11.5. The SMILES string of the molecule is CC(C)CCOC1CCCCC1Br. The molecule has 0 bridgehead atoms. The summed E-state index contributed by atoms with van der Waals surface area (Å²) < 4.78 is 5.86. The zero-order valence-electron chi connectivity index (χ0n) is 8.76. The Morgan fingerprint density at radius 1 is 1.31 bits per heavy atom. The molecular weight excluding hydrogens is 228 g/mol. The molecule has 1 nitrogen and oxygen atoms in total. The highest BCUT2D eigenvalue weighted by Gasteiger charge is 2.22. The van der Waals surface area contributed by atoms with Crippen LogP contribution in [0.1, 0.15) is 46.0 Å². The van der Waals surface area contributed by atoms with E-state index in [0.717, 1.165) is 12.5 Å². The number of hydrogen-bond acceptors (Lipinski definition) is 1. The average molecular weight is 249 g/mol. The van der Waals surface area contributed by atoms with Crippen LogP contribution in [0, 0.1) is 5.92 Å². The fourth-order valence-electron chi connectivity index (χ4n) is 1.69. The summed E-state index contributed by atoms with van der Waals surface area (Å²) in [5, 5.41) is 0. The number of alkyl halides is 1. The van der Waals surface area contributed by atoms with Gasteiger partial charge in [-0.1, -0.05) is 42.6 Å². The number of halogens is 1. The predicted octanol–water partition coefficient (Wildman–Crippen LogP) is 3.76. The molecule has 13 heavy (non-hydrogen) atoms. The van der Waals surface area contributed by atoms with Gasteiger partial charge in [-0.3, -0.25) is 0 Å². The van der Waals surface area contributed by atoms with Gasteiger partial charge in [0.25, 0.3) is 0 Å². The molecule has 1 fully saturated rings. The van der Waals surface area contributed by atoms with Crippen LogP contribution in [0.3, 0.4) is 0 Å². The Balaban J connectivity index is 2.11. The summed E-state index contributed by atoms with van der Waals surface area (Å²) in [7, 11) is 0. The van der Waals surface area contributed by atoms with Crippen LogP contribution in [0.4, 0.5) is 0 Å². The van der Waals surface area contributed by atoms with Crippen LogP contribution in [-0.2, 0) is 4.74 Å². The molecule has 1 aliphatic rings. The highest BCUT2D eigenvalue weighted by molar-refractivity contribution is 9.09. The van der Waals surface area contributed by atoms with Gasteiger partial charge >= 0.3 is 0 Å².